The molecule has 8 heteroatoms. The monoisotopic (exact) mass is 355 g/mol. The highest BCUT2D eigenvalue weighted by Crippen LogP contribution is 2.24. The zero-order valence-electron chi connectivity index (χ0n) is 13.3. The molecule has 0 unspecified atom stereocenters. The van der Waals surface area contributed by atoms with Crippen molar-refractivity contribution in [3.63, 3.8) is 0 Å². The van der Waals surface area contributed by atoms with E-state index in [1.165, 1.54) is 12.3 Å². The molecule has 0 atom stereocenters. The van der Waals surface area contributed by atoms with Crippen LogP contribution < -0.4 is 5.43 Å². The lowest BCUT2D eigenvalue weighted by atomic mass is 10.3. The average molecular weight is 356 g/mol. The van der Waals surface area contributed by atoms with Gasteiger partial charge >= 0.3 is 0 Å². The molecule has 126 valence electrons. The molecule has 2 aromatic carbocycles. The SMILES string of the molecule is Cc1nn(-c2ccccc2)c(Cl)c1/C=N/Nc1ccccc1[N+](=O)[O-]. The van der Waals surface area contributed by atoms with E-state index in [1.54, 1.807) is 22.9 Å². The van der Waals surface area contributed by atoms with Gasteiger partial charge in [0, 0.05) is 6.07 Å². The van der Waals surface area contributed by atoms with E-state index in [9.17, 15) is 10.1 Å². The van der Waals surface area contributed by atoms with Crippen molar-refractivity contribution in [2.75, 3.05) is 5.43 Å². The molecule has 7 nitrogen and oxygen atoms in total. The molecule has 1 aromatic heterocycles. The van der Waals surface area contributed by atoms with Crippen molar-refractivity contribution in [3.8, 4) is 5.69 Å². The van der Waals surface area contributed by atoms with E-state index < -0.39 is 4.92 Å². The van der Waals surface area contributed by atoms with Gasteiger partial charge in [0.15, 0.2) is 0 Å². The van der Waals surface area contributed by atoms with Crippen LogP contribution >= 0.6 is 11.6 Å². The number of nitrogens with zero attached hydrogens (tertiary/aromatic N) is 4. The summed E-state index contributed by atoms with van der Waals surface area (Å²) in [7, 11) is 0. The van der Waals surface area contributed by atoms with Crippen molar-refractivity contribution in [1.82, 2.24) is 9.78 Å². The highest BCUT2D eigenvalue weighted by Gasteiger charge is 2.14. The van der Waals surface area contributed by atoms with Gasteiger partial charge in [0.1, 0.15) is 10.8 Å². The van der Waals surface area contributed by atoms with Crippen LogP contribution in [0.5, 0.6) is 0 Å². The van der Waals surface area contributed by atoms with Crippen LogP contribution in [0.25, 0.3) is 5.69 Å². The summed E-state index contributed by atoms with van der Waals surface area (Å²) in [5.74, 6) is 0. The fraction of sp³-hybridized carbons (Fsp3) is 0.0588. The summed E-state index contributed by atoms with van der Waals surface area (Å²) in [6.07, 6.45) is 1.50. The lowest BCUT2D eigenvalue weighted by Gasteiger charge is -2.02. The molecule has 0 aliphatic rings. The number of rotatable bonds is 5. The molecule has 0 saturated heterocycles. The molecule has 25 heavy (non-hydrogen) atoms. The maximum atomic E-state index is 11.0. The highest BCUT2D eigenvalue weighted by atomic mass is 35.5. The Kier molecular flexibility index (Phi) is 4.76. The van der Waals surface area contributed by atoms with Crippen molar-refractivity contribution in [2.45, 2.75) is 6.92 Å². The first-order valence-corrected chi connectivity index (χ1v) is 7.79. The summed E-state index contributed by atoms with van der Waals surface area (Å²) in [6, 6.07) is 15.8. The molecule has 1 N–H and O–H groups in total. The number of hydrogen-bond acceptors (Lipinski definition) is 5. The number of hydrazone groups is 1. The van der Waals surface area contributed by atoms with Gasteiger partial charge in [0.05, 0.1) is 28.1 Å². The van der Waals surface area contributed by atoms with E-state index in [2.05, 4.69) is 15.6 Å². The Morgan fingerprint density at radius 3 is 2.60 bits per heavy atom. The van der Waals surface area contributed by atoms with Crippen LogP contribution in [0, 0.1) is 17.0 Å². The Balaban J connectivity index is 1.86. The van der Waals surface area contributed by atoms with Gasteiger partial charge in [-0.3, -0.25) is 15.5 Å². The Labute approximate surface area is 148 Å². The Morgan fingerprint density at radius 1 is 1.20 bits per heavy atom. The predicted molar refractivity (Wildman–Crippen MR) is 97.6 cm³/mol. The van der Waals surface area contributed by atoms with Gasteiger partial charge in [-0.2, -0.15) is 10.2 Å². The Hall–Kier alpha value is -3.19. The number of hydrogen-bond donors (Lipinski definition) is 1. The summed E-state index contributed by atoms with van der Waals surface area (Å²) in [5.41, 5.74) is 5.09. The fourth-order valence-corrected chi connectivity index (χ4v) is 2.61. The molecule has 0 radical (unpaired) electrons. The minimum absolute atomic E-state index is 0.0533. The zero-order chi connectivity index (χ0) is 17.8. The zero-order valence-corrected chi connectivity index (χ0v) is 14.0. The minimum Gasteiger partial charge on any atom is -0.272 e. The van der Waals surface area contributed by atoms with Crippen molar-refractivity contribution >= 4 is 29.2 Å². The first kappa shape index (κ1) is 16.7. The second kappa shape index (κ2) is 7.14. The quantitative estimate of drug-likeness (QED) is 0.422. The lowest BCUT2D eigenvalue weighted by Crippen LogP contribution is -1.97. The number of nitro groups is 1. The van der Waals surface area contributed by atoms with Gasteiger partial charge in [0.2, 0.25) is 0 Å². The van der Waals surface area contributed by atoms with Gasteiger partial charge in [-0.05, 0) is 25.1 Å². The largest absolute Gasteiger partial charge is 0.294 e. The standard InChI is InChI=1S/C17H14ClN5O2/c1-12-14(17(18)22(21-12)13-7-3-2-4-8-13)11-19-20-15-9-5-6-10-16(15)23(24)25/h2-11,20H,1H3/b19-11+. The molecule has 0 fully saturated rings. The summed E-state index contributed by atoms with van der Waals surface area (Å²) < 4.78 is 1.61. The Bertz CT molecular complexity index is 937. The van der Waals surface area contributed by atoms with E-state index in [0.717, 1.165) is 5.69 Å². The fourth-order valence-electron chi connectivity index (χ4n) is 2.29. The maximum Gasteiger partial charge on any atom is 0.294 e. The van der Waals surface area contributed by atoms with Crippen molar-refractivity contribution in [2.24, 2.45) is 5.10 Å². The molecular weight excluding hydrogens is 342 g/mol. The molecular formula is C17H14ClN5O2. The van der Waals surface area contributed by atoms with Crippen LogP contribution in [0.3, 0.4) is 0 Å². The van der Waals surface area contributed by atoms with Crippen LogP contribution in [0.15, 0.2) is 59.7 Å². The topological polar surface area (TPSA) is 85.3 Å². The van der Waals surface area contributed by atoms with Gasteiger partial charge in [-0.1, -0.05) is 41.9 Å². The summed E-state index contributed by atoms with van der Waals surface area (Å²) in [6.45, 7) is 1.82. The molecule has 3 aromatic rings. The number of aromatic nitrogens is 2. The van der Waals surface area contributed by atoms with E-state index >= 15 is 0 Å². The van der Waals surface area contributed by atoms with Crippen LogP contribution in [0.1, 0.15) is 11.3 Å². The van der Waals surface area contributed by atoms with E-state index in [4.69, 9.17) is 11.6 Å². The minimum atomic E-state index is -0.469. The third kappa shape index (κ3) is 3.51. The van der Waals surface area contributed by atoms with Crippen molar-refractivity contribution in [3.05, 3.63) is 81.1 Å². The predicted octanol–water partition coefficient (Wildman–Crippen LogP) is 4.19. The number of aryl methyl sites for hydroxylation is 1. The normalized spacial score (nSPS) is 11.0. The number of halogens is 1. The number of nitro benzene ring substituents is 1. The van der Waals surface area contributed by atoms with Gasteiger partial charge in [0.25, 0.3) is 5.69 Å². The van der Waals surface area contributed by atoms with Gasteiger partial charge in [-0.25, -0.2) is 4.68 Å². The molecule has 0 aliphatic heterocycles. The van der Waals surface area contributed by atoms with Gasteiger partial charge in [-0.15, -0.1) is 0 Å². The third-order valence-electron chi connectivity index (χ3n) is 3.53. The third-order valence-corrected chi connectivity index (χ3v) is 3.89. The van der Waals surface area contributed by atoms with Gasteiger partial charge < -0.3 is 0 Å². The second-order valence-corrected chi connectivity index (χ2v) is 5.54. The van der Waals surface area contributed by atoms with Crippen LogP contribution in [-0.4, -0.2) is 20.9 Å². The number of anilines is 1. The lowest BCUT2D eigenvalue weighted by molar-refractivity contribution is -0.384. The Morgan fingerprint density at radius 2 is 1.88 bits per heavy atom. The van der Waals surface area contributed by atoms with Crippen LogP contribution in [-0.2, 0) is 0 Å². The summed E-state index contributed by atoms with van der Waals surface area (Å²) in [4.78, 5) is 10.5. The van der Waals surface area contributed by atoms with Crippen LogP contribution in [0.4, 0.5) is 11.4 Å². The highest BCUT2D eigenvalue weighted by molar-refractivity contribution is 6.32. The molecule has 0 bridgehead atoms. The van der Waals surface area contributed by atoms with Crippen LogP contribution in [0.2, 0.25) is 5.15 Å². The summed E-state index contributed by atoms with van der Waals surface area (Å²) >= 11 is 6.40. The van der Waals surface area contributed by atoms with E-state index in [1.807, 2.05) is 37.3 Å². The molecule has 0 saturated carbocycles. The number of benzene rings is 2. The molecule has 0 aliphatic carbocycles. The first-order valence-electron chi connectivity index (χ1n) is 7.41. The van der Waals surface area contributed by atoms with E-state index in [0.29, 0.717) is 22.1 Å². The molecule has 1 heterocycles. The smallest absolute Gasteiger partial charge is 0.272 e. The number of nitrogens with one attached hydrogen (secondary N) is 1. The first-order chi connectivity index (χ1) is 12.1. The average Bonchev–Trinajstić information content (AvgIpc) is 2.91. The molecule has 3 rings (SSSR count). The number of para-hydroxylation sites is 3. The van der Waals surface area contributed by atoms with E-state index in [-0.39, 0.29) is 5.69 Å². The molecule has 0 amide bonds. The second-order valence-electron chi connectivity index (χ2n) is 5.18. The summed E-state index contributed by atoms with van der Waals surface area (Å²) in [5, 5.41) is 19.9. The maximum absolute atomic E-state index is 11.0. The van der Waals surface area contributed by atoms with Crippen molar-refractivity contribution in [1.29, 1.82) is 0 Å². The molecule has 0 spiro atoms. The van der Waals surface area contributed by atoms with Crippen molar-refractivity contribution < 1.29 is 4.92 Å².